The summed E-state index contributed by atoms with van der Waals surface area (Å²) in [6, 6.07) is 15.9. The van der Waals surface area contributed by atoms with E-state index >= 15 is 0 Å². The number of hydrogen-bond donors (Lipinski definition) is 1. The molecule has 2 aromatic carbocycles. The second kappa shape index (κ2) is 7.26. The molecule has 1 amide bonds. The zero-order valence-corrected chi connectivity index (χ0v) is 15.5. The molecule has 0 fully saturated rings. The summed E-state index contributed by atoms with van der Waals surface area (Å²) in [5.41, 5.74) is 3.54. The topological polar surface area (TPSA) is 68.5 Å². The van der Waals surface area contributed by atoms with Crippen LogP contribution in [0.3, 0.4) is 0 Å². The molecule has 0 saturated carbocycles. The van der Waals surface area contributed by atoms with Crippen molar-refractivity contribution < 1.29 is 14.0 Å². The summed E-state index contributed by atoms with van der Waals surface area (Å²) in [4.78, 5) is 17.8. The van der Waals surface area contributed by atoms with Crippen molar-refractivity contribution >= 4 is 17.3 Å². The van der Waals surface area contributed by atoms with Gasteiger partial charge in [-0.15, -0.1) is 0 Å². The number of nitrogens with zero attached hydrogens (tertiary/aromatic N) is 3. The van der Waals surface area contributed by atoms with Crippen LogP contribution in [0.25, 0.3) is 5.69 Å². The van der Waals surface area contributed by atoms with Gasteiger partial charge in [-0.25, -0.2) is 9.07 Å². The lowest BCUT2D eigenvalue weighted by atomic mass is 10.0. The number of rotatable bonds is 4. The van der Waals surface area contributed by atoms with Gasteiger partial charge < -0.3 is 10.2 Å². The molecule has 142 valence electrons. The fourth-order valence-electron chi connectivity index (χ4n) is 3.19. The van der Waals surface area contributed by atoms with E-state index in [9.17, 15) is 9.18 Å². The highest BCUT2D eigenvalue weighted by atomic mass is 19.1. The Morgan fingerprint density at radius 1 is 1.18 bits per heavy atom. The molecule has 28 heavy (non-hydrogen) atoms. The quantitative estimate of drug-likeness (QED) is 0.744. The number of aryl methyl sites for hydroxylation is 2. The van der Waals surface area contributed by atoms with E-state index in [1.165, 1.54) is 10.7 Å². The van der Waals surface area contributed by atoms with Crippen LogP contribution in [0, 0.1) is 19.7 Å². The van der Waals surface area contributed by atoms with Crippen molar-refractivity contribution in [2.45, 2.75) is 26.4 Å². The van der Waals surface area contributed by atoms with Gasteiger partial charge in [0.1, 0.15) is 11.4 Å². The van der Waals surface area contributed by atoms with Gasteiger partial charge in [-0.3, -0.25) is 4.79 Å². The summed E-state index contributed by atoms with van der Waals surface area (Å²) in [5, 5.41) is 10.8. The van der Waals surface area contributed by atoms with Crippen LogP contribution >= 0.6 is 0 Å². The molecule has 0 radical (unpaired) electrons. The van der Waals surface area contributed by atoms with E-state index < -0.39 is 11.7 Å². The summed E-state index contributed by atoms with van der Waals surface area (Å²) in [6.07, 6.45) is 0.0782. The first-order chi connectivity index (χ1) is 13.5. The van der Waals surface area contributed by atoms with Crippen molar-refractivity contribution in [1.29, 1.82) is 0 Å². The van der Waals surface area contributed by atoms with Gasteiger partial charge >= 0.3 is 0 Å². The zero-order valence-electron chi connectivity index (χ0n) is 15.5. The molecule has 0 saturated heterocycles. The van der Waals surface area contributed by atoms with Crippen LogP contribution in [0.2, 0.25) is 0 Å². The third-order valence-corrected chi connectivity index (χ3v) is 4.55. The fraction of sp³-hybridized carbons (Fsp3) is 0.190. The molecule has 1 N–H and O–H groups in total. The lowest BCUT2D eigenvalue weighted by Gasteiger charge is -2.09. The second-order valence-corrected chi connectivity index (χ2v) is 6.71. The van der Waals surface area contributed by atoms with Crippen LogP contribution in [0.5, 0.6) is 0 Å². The van der Waals surface area contributed by atoms with Crippen LogP contribution in [-0.2, 0) is 9.63 Å². The van der Waals surface area contributed by atoms with E-state index in [0.29, 0.717) is 17.8 Å². The lowest BCUT2D eigenvalue weighted by Crippen LogP contribution is -2.22. The molecule has 1 aromatic heterocycles. The Balaban J connectivity index is 1.45. The molecule has 1 aliphatic heterocycles. The predicted octanol–water partition coefficient (Wildman–Crippen LogP) is 4.08. The van der Waals surface area contributed by atoms with Gasteiger partial charge in [0.15, 0.2) is 11.9 Å². The predicted molar refractivity (Wildman–Crippen MR) is 104 cm³/mol. The van der Waals surface area contributed by atoms with Crippen LogP contribution < -0.4 is 5.32 Å². The second-order valence-electron chi connectivity index (χ2n) is 6.71. The number of carbonyl (C=O) groups is 1. The molecular formula is C21H19FN4O2. The van der Waals surface area contributed by atoms with Crippen molar-refractivity contribution in [2.24, 2.45) is 5.16 Å². The number of nitrogens with one attached hydrogen (secondary N) is 1. The van der Waals surface area contributed by atoms with E-state index in [1.54, 1.807) is 12.1 Å². The Labute approximate surface area is 161 Å². The minimum absolute atomic E-state index is 0.275. The van der Waals surface area contributed by atoms with E-state index in [2.05, 4.69) is 15.6 Å². The van der Waals surface area contributed by atoms with E-state index in [0.717, 1.165) is 17.0 Å². The highest BCUT2D eigenvalue weighted by Gasteiger charge is 2.27. The normalized spacial score (nSPS) is 15.8. The number of aromatic nitrogens is 2. The molecule has 4 rings (SSSR count). The summed E-state index contributed by atoms with van der Waals surface area (Å²) in [7, 11) is 0. The van der Waals surface area contributed by atoms with Crippen molar-refractivity contribution in [3.05, 3.63) is 77.4 Å². The van der Waals surface area contributed by atoms with E-state index in [1.807, 2.05) is 50.2 Å². The number of hydrogen-bond acceptors (Lipinski definition) is 4. The monoisotopic (exact) mass is 378 g/mol. The standard InChI is InChI=1S/C21H19FN4O2/c1-13-10-14(2)26(24-13)19-9-8-16(11-17(19)22)23-21(27)18-12-20(28-25-18)15-6-4-3-5-7-15/h3-11,20H,12H2,1-2H3,(H,23,27)/t20-/m0/s1. The molecule has 0 bridgehead atoms. The number of carbonyl (C=O) groups excluding carboxylic acids is 1. The van der Waals surface area contributed by atoms with Crippen molar-refractivity contribution in [3.8, 4) is 5.69 Å². The maximum absolute atomic E-state index is 14.6. The van der Waals surface area contributed by atoms with Gasteiger partial charge in [0.2, 0.25) is 0 Å². The van der Waals surface area contributed by atoms with Gasteiger partial charge in [-0.05, 0) is 43.7 Å². The number of anilines is 1. The Bertz CT molecular complexity index is 1060. The minimum Gasteiger partial charge on any atom is -0.387 e. The molecule has 6 nitrogen and oxygen atoms in total. The summed E-state index contributed by atoms with van der Waals surface area (Å²) in [5.74, 6) is -0.882. The molecule has 0 unspecified atom stereocenters. The van der Waals surface area contributed by atoms with Crippen LogP contribution in [0.4, 0.5) is 10.1 Å². The fourth-order valence-corrected chi connectivity index (χ4v) is 3.19. The Hall–Kier alpha value is -3.48. The molecule has 0 aliphatic carbocycles. The van der Waals surface area contributed by atoms with E-state index in [-0.39, 0.29) is 11.8 Å². The molecular weight excluding hydrogens is 359 g/mol. The van der Waals surface area contributed by atoms with Gasteiger partial charge in [0.05, 0.1) is 5.69 Å². The molecule has 3 aromatic rings. The van der Waals surface area contributed by atoms with Crippen LogP contribution in [0.1, 0.15) is 29.5 Å². The SMILES string of the molecule is Cc1cc(C)n(-c2ccc(NC(=O)C3=NO[C@H](c4ccccc4)C3)cc2F)n1. The van der Waals surface area contributed by atoms with Crippen molar-refractivity contribution in [2.75, 3.05) is 5.32 Å². The Kier molecular flexibility index (Phi) is 4.65. The molecule has 0 spiro atoms. The largest absolute Gasteiger partial charge is 0.387 e. The molecule has 1 atom stereocenters. The average Bonchev–Trinajstić information content (AvgIpc) is 3.29. The summed E-state index contributed by atoms with van der Waals surface area (Å²) >= 11 is 0. The first-order valence-corrected chi connectivity index (χ1v) is 8.93. The molecule has 1 aliphatic rings. The number of halogens is 1. The zero-order chi connectivity index (χ0) is 19.7. The Morgan fingerprint density at radius 3 is 2.64 bits per heavy atom. The van der Waals surface area contributed by atoms with Gasteiger partial charge in [-0.2, -0.15) is 5.10 Å². The average molecular weight is 378 g/mol. The van der Waals surface area contributed by atoms with Crippen LogP contribution in [-0.4, -0.2) is 21.4 Å². The number of benzene rings is 2. The maximum Gasteiger partial charge on any atom is 0.273 e. The van der Waals surface area contributed by atoms with Gasteiger partial charge in [-0.1, -0.05) is 35.5 Å². The minimum atomic E-state index is -0.476. The van der Waals surface area contributed by atoms with E-state index in [4.69, 9.17) is 4.84 Å². The first kappa shape index (κ1) is 17.9. The van der Waals surface area contributed by atoms with Gasteiger partial charge in [0.25, 0.3) is 5.91 Å². The highest BCUT2D eigenvalue weighted by Crippen LogP contribution is 2.27. The summed E-state index contributed by atoms with van der Waals surface area (Å²) < 4.78 is 16.1. The van der Waals surface area contributed by atoms with Crippen molar-refractivity contribution in [3.63, 3.8) is 0 Å². The third-order valence-electron chi connectivity index (χ3n) is 4.55. The third kappa shape index (κ3) is 3.51. The Morgan fingerprint density at radius 2 is 1.96 bits per heavy atom. The van der Waals surface area contributed by atoms with Crippen molar-refractivity contribution in [1.82, 2.24) is 9.78 Å². The number of oxime groups is 1. The first-order valence-electron chi connectivity index (χ1n) is 8.93. The van der Waals surface area contributed by atoms with Crippen LogP contribution in [0.15, 0.2) is 59.8 Å². The maximum atomic E-state index is 14.6. The molecule has 7 heteroatoms. The number of amides is 1. The summed E-state index contributed by atoms with van der Waals surface area (Å²) in [6.45, 7) is 3.71. The highest BCUT2D eigenvalue weighted by molar-refractivity contribution is 6.43. The smallest absolute Gasteiger partial charge is 0.273 e. The van der Waals surface area contributed by atoms with Gasteiger partial charge in [0, 0.05) is 17.8 Å². The molecule has 2 heterocycles. The lowest BCUT2D eigenvalue weighted by molar-refractivity contribution is -0.110.